The Bertz CT molecular complexity index is 698. The summed E-state index contributed by atoms with van der Waals surface area (Å²) in [6.45, 7) is 8.07. The molecular weight excluding hydrogens is 262 g/mol. The number of ether oxygens (including phenoxy) is 1. The van der Waals surface area contributed by atoms with Crippen LogP contribution in [0.5, 0.6) is 0 Å². The third-order valence-corrected chi connectivity index (χ3v) is 4.30. The summed E-state index contributed by atoms with van der Waals surface area (Å²) in [7, 11) is 0. The first-order chi connectivity index (χ1) is 9.80. The average Bonchev–Trinajstić information content (AvgIpc) is 2.65. The lowest BCUT2D eigenvalue weighted by Gasteiger charge is -2.26. The largest absolute Gasteiger partial charge is 0.369 e. The third-order valence-electron chi connectivity index (χ3n) is 4.30. The van der Waals surface area contributed by atoms with Crippen LogP contribution in [-0.2, 0) is 4.74 Å². The van der Waals surface area contributed by atoms with Crippen LogP contribution in [0.15, 0.2) is 36.5 Å². The van der Waals surface area contributed by atoms with E-state index in [1.165, 1.54) is 0 Å². The van der Waals surface area contributed by atoms with E-state index in [2.05, 4.69) is 4.98 Å². The number of nitrogens with zero attached hydrogens (tertiary/aromatic N) is 1. The lowest BCUT2D eigenvalue weighted by atomic mass is 9.82. The number of Topliss-reactive ketones (excluding diaryl/α,β-unsaturated/α-hetero) is 1. The summed E-state index contributed by atoms with van der Waals surface area (Å²) in [5.41, 5.74) is -0.166. The fraction of sp³-hybridized carbons (Fsp3) is 0.444. The van der Waals surface area contributed by atoms with Crippen LogP contribution in [0.4, 0.5) is 0 Å². The van der Waals surface area contributed by atoms with Crippen LogP contribution in [0.3, 0.4) is 0 Å². The Balaban J connectivity index is 2.06. The van der Waals surface area contributed by atoms with E-state index in [1.807, 2.05) is 58.0 Å². The minimum atomic E-state index is -0.459. The van der Waals surface area contributed by atoms with E-state index in [-0.39, 0.29) is 17.3 Å². The van der Waals surface area contributed by atoms with Gasteiger partial charge in [-0.2, -0.15) is 0 Å². The van der Waals surface area contributed by atoms with E-state index in [0.29, 0.717) is 5.69 Å². The fourth-order valence-corrected chi connectivity index (χ4v) is 3.45. The number of benzene rings is 1. The molecule has 0 aliphatic carbocycles. The average molecular weight is 283 g/mol. The second-order valence-electron chi connectivity index (χ2n) is 6.97. The lowest BCUT2D eigenvalue weighted by Crippen LogP contribution is -2.34. The number of hydrogen-bond acceptors (Lipinski definition) is 3. The zero-order valence-electron chi connectivity index (χ0n) is 13.0. The molecule has 1 atom stereocenters. The molecule has 3 heteroatoms. The maximum absolute atomic E-state index is 13.0. The van der Waals surface area contributed by atoms with Crippen molar-refractivity contribution in [1.82, 2.24) is 4.98 Å². The Morgan fingerprint density at radius 1 is 1.19 bits per heavy atom. The normalized spacial score (nSPS) is 23.3. The molecule has 3 rings (SSSR count). The highest BCUT2D eigenvalue weighted by Gasteiger charge is 2.49. The van der Waals surface area contributed by atoms with Crippen molar-refractivity contribution in [3.63, 3.8) is 0 Å². The summed E-state index contributed by atoms with van der Waals surface area (Å²) < 4.78 is 6.05. The predicted octanol–water partition coefficient (Wildman–Crippen LogP) is 4.01. The molecule has 1 aromatic carbocycles. The Labute approximate surface area is 125 Å². The van der Waals surface area contributed by atoms with E-state index in [9.17, 15) is 4.79 Å². The maximum Gasteiger partial charge on any atom is 0.187 e. The number of rotatable bonds is 2. The third kappa shape index (κ3) is 2.46. The summed E-state index contributed by atoms with van der Waals surface area (Å²) in [5.74, 6) is -0.0758. The molecule has 21 heavy (non-hydrogen) atoms. The summed E-state index contributed by atoms with van der Waals surface area (Å²) in [5, 5.41) is 1.97. The standard InChI is InChI=1S/C18H21NO2/c1-17(2)11-14(18(3,4)21-17)16(20)15-13-8-6-5-7-12(13)9-10-19-15/h5-10,14H,11H2,1-4H3. The molecule has 2 aromatic rings. The summed E-state index contributed by atoms with van der Waals surface area (Å²) in [6, 6.07) is 9.83. The Morgan fingerprint density at radius 2 is 1.90 bits per heavy atom. The zero-order valence-corrected chi connectivity index (χ0v) is 13.0. The van der Waals surface area contributed by atoms with Gasteiger partial charge >= 0.3 is 0 Å². The van der Waals surface area contributed by atoms with Gasteiger partial charge in [-0.3, -0.25) is 9.78 Å². The Morgan fingerprint density at radius 3 is 2.57 bits per heavy atom. The van der Waals surface area contributed by atoms with Crippen molar-refractivity contribution >= 4 is 16.6 Å². The molecular formula is C18H21NO2. The molecule has 0 amide bonds. The van der Waals surface area contributed by atoms with Gasteiger partial charge in [0.15, 0.2) is 5.78 Å². The number of carbonyl (C=O) groups is 1. The summed E-state index contributed by atoms with van der Waals surface area (Å²) in [6.07, 6.45) is 2.44. The molecule has 1 aliphatic rings. The molecule has 0 saturated carbocycles. The smallest absolute Gasteiger partial charge is 0.187 e. The quantitative estimate of drug-likeness (QED) is 0.782. The van der Waals surface area contributed by atoms with Crippen LogP contribution in [0.25, 0.3) is 10.8 Å². The Hall–Kier alpha value is -1.74. The van der Waals surface area contributed by atoms with Crippen molar-refractivity contribution in [2.24, 2.45) is 5.92 Å². The van der Waals surface area contributed by atoms with Crippen LogP contribution in [0.2, 0.25) is 0 Å². The van der Waals surface area contributed by atoms with Gasteiger partial charge in [0.05, 0.1) is 17.1 Å². The molecule has 0 N–H and O–H groups in total. The lowest BCUT2D eigenvalue weighted by molar-refractivity contribution is -0.0712. The van der Waals surface area contributed by atoms with E-state index in [4.69, 9.17) is 4.74 Å². The predicted molar refractivity (Wildman–Crippen MR) is 83.4 cm³/mol. The minimum Gasteiger partial charge on any atom is -0.369 e. The first-order valence-corrected chi connectivity index (χ1v) is 7.38. The highest BCUT2D eigenvalue weighted by Crippen LogP contribution is 2.43. The van der Waals surface area contributed by atoms with Crippen molar-refractivity contribution < 1.29 is 9.53 Å². The second-order valence-corrected chi connectivity index (χ2v) is 6.97. The van der Waals surface area contributed by atoms with E-state index in [1.54, 1.807) is 6.20 Å². The molecule has 0 spiro atoms. The number of ketones is 1. The van der Waals surface area contributed by atoms with Crippen molar-refractivity contribution in [1.29, 1.82) is 0 Å². The van der Waals surface area contributed by atoms with Gasteiger partial charge in [0.2, 0.25) is 0 Å². The van der Waals surface area contributed by atoms with Gasteiger partial charge in [0.1, 0.15) is 5.69 Å². The molecule has 1 aliphatic heterocycles. The summed E-state index contributed by atoms with van der Waals surface area (Å²) >= 11 is 0. The number of fused-ring (bicyclic) bond motifs is 1. The van der Waals surface area contributed by atoms with Crippen molar-refractivity contribution in [2.75, 3.05) is 0 Å². The van der Waals surface area contributed by atoms with Crippen molar-refractivity contribution in [3.8, 4) is 0 Å². The fourth-order valence-electron chi connectivity index (χ4n) is 3.45. The molecule has 3 nitrogen and oxygen atoms in total. The molecule has 0 bridgehead atoms. The van der Waals surface area contributed by atoms with Crippen LogP contribution in [0.1, 0.15) is 44.6 Å². The van der Waals surface area contributed by atoms with Crippen molar-refractivity contribution in [3.05, 3.63) is 42.2 Å². The van der Waals surface area contributed by atoms with Crippen LogP contribution < -0.4 is 0 Å². The van der Waals surface area contributed by atoms with Crippen LogP contribution >= 0.6 is 0 Å². The molecule has 2 heterocycles. The molecule has 110 valence electrons. The van der Waals surface area contributed by atoms with Gasteiger partial charge in [0.25, 0.3) is 0 Å². The van der Waals surface area contributed by atoms with Gasteiger partial charge < -0.3 is 4.74 Å². The minimum absolute atomic E-state index is 0.0855. The highest BCUT2D eigenvalue weighted by molar-refractivity contribution is 6.07. The van der Waals surface area contributed by atoms with Gasteiger partial charge in [-0.25, -0.2) is 0 Å². The van der Waals surface area contributed by atoms with Gasteiger partial charge in [0, 0.05) is 11.6 Å². The monoisotopic (exact) mass is 283 g/mol. The van der Waals surface area contributed by atoms with Crippen LogP contribution in [0, 0.1) is 5.92 Å². The van der Waals surface area contributed by atoms with Gasteiger partial charge in [-0.15, -0.1) is 0 Å². The Kier molecular flexibility index (Phi) is 3.14. The maximum atomic E-state index is 13.0. The number of aromatic nitrogens is 1. The SMILES string of the molecule is CC1(C)CC(C(=O)c2nccc3ccccc23)C(C)(C)O1. The highest BCUT2D eigenvalue weighted by atomic mass is 16.5. The molecule has 1 fully saturated rings. The molecule has 1 saturated heterocycles. The van der Waals surface area contributed by atoms with Gasteiger partial charge in [-0.1, -0.05) is 24.3 Å². The molecule has 1 unspecified atom stereocenters. The second kappa shape index (κ2) is 4.63. The summed E-state index contributed by atoms with van der Waals surface area (Å²) in [4.78, 5) is 17.4. The van der Waals surface area contributed by atoms with E-state index in [0.717, 1.165) is 17.2 Å². The first-order valence-electron chi connectivity index (χ1n) is 7.38. The van der Waals surface area contributed by atoms with E-state index < -0.39 is 5.60 Å². The zero-order chi connectivity index (χ0) is 15.3. The topological polar surface area (TPSA) is 39.2 Å². The number of pyridine rings is 1. The van der Waals surface area contributed by atoms with E-state index >= 15 is 0 Å². The molecule has 0 radical (unpaired) electrons. The number of carbonyl (C=O) groups excluding carboxylic acids is 1. The number of hydrogen-bond donors (Lipinski definition) is 0. The van der Waals surface area contributed by atoms with Crippen LogP contribution in [-0.4, -0.2) is 22.0 Å². The molecule has 1 aromatic heterocycles. The van der Waals surface area contributed by atoms with Crippen molar-refractivity contribution in [2.45, 2.75) is 45.3 Å². The first kappa shape index (κ1) is 14.2. The van der Waals surface area contributed by atoms with Gasteiger partial charge in [-0.05, 0) is 45.6 Å².